The number of hydrogen-bond donors (Lipinski definition) is 3. The van der Waals surface area contributed by atoms with Crippen molar-refractivity contribution in [2.24, 2.45) is 17.8 Å². The lowest BCUT2D eigenvalue weighted by molar-refractivity contribution is -0.137. The first-order valence-corrected chi connectivity index (χ1v) is 14.9. The van der Waals surface area contributed by atoms with Crippen molar-refractivity contribution in [2.45, 2.75) is 58.3 Å². The molecule has 0 saturated heterocycles. The predicted molar refractivity (Wildman–Crippen MR) is 166 cm³/mol. The van der Waals surface area contributed by atoms with Crippen LogP contribution >= 0.6 is 0 Å². The van der Waals surface area contributed by atoms with Gasteiger partial charge in [-0.05, 0) is 98.3 Å². The number of aliphatic hydroxyl groups excluding tert-OH is 1. The third kappa shape index (κ3) is 8.17. The Labute approximate surface area is 252 Å². The van der Waals surface area contributed by atoms with Crippen LogP contribution in [-0.2, 0) is 20.8 Å². The van der Waals surface area contributed by atoms with Crippen molar-refractivity contribution in [1.82, 2.24) is 0 Å². The summed E-state index contributed by atoms with van der Waals surface area (Å²) in [4.78, 5) is 49.6. The second-order valence-electron chi connectivity index (χ2n) is 11.1. The number of aldehydes is 1. The molecule has 0 bridgehead atoms. The Morgan fingerprint density at radius 3 is 2.19 bits per heavy atom. The minimum absolute atomic E-state index is 0.0662. The Hall–Kier alpha value is -4.30. The van der Waals surface area contributed by atoms with Gasteiger partial charge in [0.2, 0.25) is 5.91 Å². The summed E-state index contributed by atoms with van der Waals surface area (Å²) >= 11 is 0. The van der Waals surface area contributed by atoms with Gasteiger partial charge in [0, 0.05) is 48.2 Å². The van der Waals surface area contributed by atoms with Crippen LogP contribution in [-0.4, -0.2) is 36.1 Å². The van der Waals surface area contributed by atoms with Gasteiger partial charge in [0.1, 0.15) is 23.6 Å². The van der Waals surface area contributed by atoms with Gasteiger partial charge < -0.3 is 25.3 Å². The number of rotatable bonds is 10. The molecular weight excluding hydrogens is 544 g/mol. The standard InChI is InChI=1S/C34H36N2O5.CH4O/c1-22-20-27(36-34(40)30-11-3-2-10-29(30)32(38)24-7-5-8-24)14-17-31(22)41-28-15-12-26(13-16-28)35-33(39)25-9-4-6-23(21-25)18-19-37;1-2/h4,6,9,12-17,19-21,24,29-30H,2-3,5,7-8,10-11,18H2,1H3,(H,35,39)(H,36,40);2H,1H3. The number of aryl methyl sites for hydroxylation is 1. The topological polar surface area (TPSA) is 122 Å². The van der Waals surface area contributed by atoms with E-state index in [2.05, 4.69) is 10.6 Å². The van der Waals surface area contributed by atoms with Gasteiger partial charge in [0.15, 0.2) is 0 Å². The smallest absolute Gasteiger partial charge is 0.255 e. The number of benzene rings is 3. The van der Waals surface area contributed by atoms with Crippen molar-refractivity contribution in [3.8, 4) is 11.5 Å². The molecular formula is C35H40N2O6. The number of Topliss-reactive ketones (excluding diaryl/α,β-unsaturated/α-hetero) is 1. The highest BCUT2D eigenvalue weighted by molar-refractivity contribution is 6.04. The van der Waals surface area contributed by atoms with Gasteiger partial charge >= 0.3 is 0 Å². The number of aliphatic hydroxyl groups is 1. The van der Waals surface area contributed by atoms with Gasteiger partial charge in [0.05, 0.1) is 0 Å². The molecule has 2 saturated carbocycles. The van der Waals surface area contributed by atoms with Gasteiger partial charge in [-0.25, -0.2) is 0 Å². The maximum absolute atomic E-state index is 13.2. The fourth-order valence-electron chi connectivity index (χ4n) is 5.73. The average Bonchev–Trinajstić information content (AvgIpc) is 3.00. The minimum atomic E-state index is -0.258. The second-order valence-corrected chi connectivity index (χ2v) is 11.1. The number of ether oxygens (including phenoxy) is 1. The monoisotopic (exact) mass is 584 g/mol. The Morgan fingerprint density at radius 2 is 1.53 bits per heavy atom. The molecule has 3 aromatic rings. The zero-order valence-corrected chi connectivity index (χ0v) is 24.8. The van der Waals surface area contributed by atoms with E-state index in [0.29, 0.717) is 34.2 Å². The number of carbonyl (C=O) groups is 4. The third-order valence-electron chi connectivity index (χ3n) is 8.27. The van der Waals surface area contributed by atoms with E-state index in [9.17, 15) is 19.2 Å². The average molecular weight is 585 g/mol. The molecule has 3 aromatic carbocycles. The van der Waals surface area contributed by atoms with Crippen LogP contribution < -0.4 is 15.4 Å². The molecule has 2 unspecified atom stereocenters. The molecule has 8 heteroatoms. The lowest BCUT2D eigenvalue weighted by atomic mass is 9.69. The molecule has 226 valence electrons. The number of nitrogens with one attached hydrogen (secondary N) is 2. The summed E-state index contributed by atoms with van der Waals surface area (Å²) in [5.41, 5.74) is 3.44. The molecule has 2 fully saturated rings. The quantitative estimate of drug-likeness (QED) is 0.234. The van der Waals surface area contributed by atoms with E-state index in [0.717, 1.165) is 69.5 Å². The number of carbonyl (C=O) groups excluding carboxylic acids is 4. The van der Waals surface area contributed by atoms with Crippen LogP contribution in [0.1, 0.15) is 66.4 Å². The van der Waals surface area contributed by atoms with Crippen LogP contribution in [0.4, 0.5) is 11.4 Å². The van der Waals surface area contributed by atoms with Crippen LogP contribution in [0.15, 0.2) is 66.7 Å². The van der Waals surface area contributed by atoms with E-state index in [1.807, 2.05) is 31.2 Å². The first kappa shape index (κ1) is 31.6. The molecule has 3 N–H and O–H groups in total. The minimum Gasteiger partial charge on any atom is -0.457 e. The highest BCUT2D eigenvalue weighted by Crippen LogP contribution is 2.38. The zero-order chi connectivity index (χ0) is 30.8. The van der Waals surface area contributed by atoms with Crippen LogP contribution in [0.2, 0.25) is 0 Å². The van der Waals surface area contributed by atoms with Crippen molar-refractivity contribution in [2.75, 3.05) is 17.7 Å². The molecule has 2 amide bonds. The van der Waals surface area contributed by atoms with Crippen LogP contribution in [0, 0.1) is 24.7 Å². The van der Waals surface area contributed by atoms with Gasteiger partial charge in [-0.3, -0.25) is 14.4 Å². The molecule has 2 atom stereocenters. The molecule has 0 aliphatic heterocycles. The van der Waals surface area contributed by atoms with E-state index >= 15 is 0 Å². The molecule has 8 nitrogen and oxygen atoms in total. The SMILES string of the molecule is CO.Cc1cc(NC(=O)C2CCCCC2C(=O)C2CCC2)ccc1Oc1ccc(NC(=O)c2cccc(CC=O)c2)cc1. The van der Waals surface area contributed by atoms with Gasteiger partial charge in [-0.1, -0.05) is 31.4 Å². The van der Waals surface area contributed by atoms with E-state index in [1.54, 1.807) is 42.5 Å². The van der Waals surface area contributed by atoms with Crippen LogP contribution in [0.25, 0.3) is 0 Å². The Morgan fingerprint density at radius 1 is 0.837 bits per heavy atom. The van der Waals surface area contributed by atoms with Crippen LogP contribution in [0.5, 0.6) is 11.5 Å². The summed E-state index contributed by atoms with van der Waals surface area (Å²) in [5.74, 6) is 0.980. The molecule has 0 heterocycles. The van der Waals surface area contributed by atoms with Gasteiger partial charge in [-0.15, -0.1) is 0 Å². The van der Waals surface area contributed by atoms with Crippen molar-refractivity contribution in [3.05, 3.63) is 83.4 Å². The molecule has 0 radical (unpaired) electrons. The fourth-order valence-corrected chi connectivity index (χ4v) is 5.73. The summed E-state index contributed by atoms with van der Waals surface area (Å²) in [5, 5.41) is 12.9. The van der Waals surface area contributed by atoms with Gasteiger partial charge in [-0.2, -0.15) is 0 Å². The van der Waals surface area contributed by atoms with E-state index < -0.39 is 0 Å². The summed E-state index contributed by atoms with van der Waals surface area (Å²) < 4.78 is 6.06. The Balaban J connectivity index is 0.00000207. The Bertz CT molecular complexity index is 1430. The summed E-state index contributed by atoms with van der Waals surface area (Å²) in [6, 6.07) is 19.6. The summed E-state index contributed by atoms with van der Waals surface area (Å²) in [7, 11) is 1.00. The van der Waals surface area contributed by atoms with Crippen molar-refractivity contribution < 1.29 is 29.0 Å². The Kier molecular flexibility index (Phi) is 11.2. The maximum Gasteiger partial charge on any atom is 0.255 e. The van der Waals surface area contributed by atoms with E-state index in [4.69, 9.17) is 9.84 Å². The molecule has 2 aliphatic carbocycles. The first-order chi connectivity index (χ1) is 20.9. The second kappa shape index (κ2) is 15.3. The molecule has 2 aliphatic rings. The number of anilines is 2. The lowest BCUT2D eigenvalue weighted by Crippen LogP contribution is -2.40. The summed E-state index contributed by atoms with van der Waals surface area (Å²) in [6.07, 6.45) is 7.72. The maximum atomic E-state index is 13.2. The first-order valence-electron chi connectivity index (χ1n) is 14.9. The molecule has 43 heavy (non-hydrogen) atoms. The molecule has 0 spiro atoms. The highest BCUT2D eigenvalue weighted by Gasteiger charge is 2.40. The number of hydrogen-bond acceptors (Lipinski definition) is 6. The normalized spacial score (nSPS) is 17.8. The van der Waals surface area contributed by atoms with Gasteiger partial charge in [0.25, 0.3) is 5.91 Å². The third-order valence-corrected chi connectivity index (χ3v) is 8.27. The lowest BCUT2D eigenvalue weighted by Gasteiger charge is -2.34. The van der Waals surface area contributed by atoms with E-state index in [1.165, 1.54) is 0 Å². The van der Waals surface area contributed by atoms with Crippen molar-refractivity contribution >= 4 is 35.3 Å². The van der Waals surface area contributed by atoms with Crippen molar-refractivity contribution in [3.63, 3.8) is 0 Å². The molecule has 0 aromatic heterocycles. The fraction of sp³-hybridized carbons (Fsp3) is 0.371. The zero-order valence-electron chi connectivity index (χ0n) is 24.8. The molecule has 5 rings (SSSR count). The van der Waals surface area contributed by atoms with Crippen molar-refractivity contribution in [1.29, 1.82) is 0 Å². The summed E-state index contributed by atoms with van der Waals surface area (Å²) in [6.45, 7) is 1.92. The van der Waals surface area contributed by atoms with Crippen LogP contribution in [0.3, 0.4) is 0 Å². The number of ketones is 1. The van der Waals surface area contributed by atoms with E-state index in [-0.39, 0.29) is 36.0 Å². The number of amides is 2. The predicted octanol–water partition coefficient (Wildman–Crippen LogP) is 6.50. The highest BCUT2D eigenvalue weighted by atomic mass is 16.5. The largest absolute Gasteiger partial charge is 0.457 e.